The Labute approximate surface area is 109 Å². The van der Waals surface area contributed by atoms with E-state index in [2.05, 4.69) is 56.0 Å². The predicted molar refractivity (Wildman–Crippen MR) is 77.8 cm³/mol. The largest absolute Gasteiger partial charge is 0.309 e. The van der Waals surface area contributed by atoms with Gasteiger partial charge in [-0.3, -0.25) is 0 Å². The van der Waals surface area contributed by atoms with Crippen LogP contribution < -0.4 is 5.32 Å². The molecule has 1 N–H and O–H groups in total. The molecule has 1 aliphatic heterocycles. The van der Waals surface area contributed by atoms with Gasteiger partial charge >= 0.3 is 0 Å². The zero-order valence-corrected chi connectivity index (χ0v) is 11.9. The first kappa shape index (κ1) is 13.0. The molecule has 2 rings (SSSR count). The average Bonchev–Trinajstić information content (AvgIpc) is 2.78. The lowest BCUT2D eigenvalue weighted by Crippen LogP contribution is -2.26. The number of thioether (sulfide) groups is 1. The summed E-state index contributed by atoms with van der Waals surface area (Å²) in [6.45, 7) is 7.80. The molecule has 0 saturated carbocycles. The number of aryl methyl sites for hydroxylation is 2. The van der Waals surface area contributed by atoms with Gasteiger partial charge in [0.2, 0.25) is 0 Å². The fourth-order valence-corrected chi connectivity index (χ4v) is 3.75. The Hall–Kier alpha value is -0.470. The summed E-state index contributed by atoms with van der Waals surface area (Å²) in [5.41, 5.74) is 4.20. The molecule has 0 amide bonds. The minimum absolute atomic E-state index is 0.469. The SMILES string of the molecule is Cc1ccc(C(C)NCC2CCCS2)c(C)c1. The molecule has 1 saturated heterocycles. The summed E-state index contributed by atoms with van der Waals surface area (Å²) in [5.74, 6) is 1.35. The molecule has 1 fully saturated rings. The van der Waals surface area contributed by atoms with Gasteiger partial charge < -0.3 is 5.32 Å². The van der Waals surface area contributed by atoms with Crippen LogP contribution in [-0.4, -0.2) is 17.5 Å². The quantitative estimate of drug-likeness (QED) is 0.870. The van der Waals surface area contributed by atoms with Crippen LogP contribution in [0.3, 0.4) is 0 Å². The van der Waals surface area contributed by atoms with Gasteiger partial charge in [-0.25, -0.2) is 0 Å². The molecule has 2 unspecified atom stereocenters. The molecule has 1 aromatic carbocycles. The summed E-state index contributed by atoms with van der Waals surface area (Å²) in [6, 6.07) is 7.23. The number of hydrogen-bond acceptors (Lipinski definition) is 2. The van der Waals surface area contributed by atoms with E-state index in [1.807, 2.05) is 0 Å². The van der Waals surface area contributed by atoms with Crippen molar-refractivity contribution >= 4 is 11.8 Å². The van der Waals surface area contributed by atoms with E-state index in [0.29, 0.717) is 6.04 Å². The predicted octanol–water partition coefficient (Wildman–Crippen LogP) is 3.85. The number of hydrogen-bond donors (Lipinski definition) is 1. The highest BCUT2D eigenvalue weighted by atomic mass is 32.2. The summed E-state index contributed by atoms with van der Waals surface area (Å²) in [7, 11) is 0. The van der Waals surface area contributed by atoms with Gasteiger partial charge in [0.25, 0.3) is 0 Å². The maximum absolute atomic E-state index is 3.68. The minimum Gasteiger partial charge on any atom is -0.309 e. The number of rotatable bonds is 4. The molecule has 0 aliphatic carbocycles. The third-order valence-corrected chi connectivity index (χ3v) is 4.97. The molecule has 0 bridgehead atoms. The molecule has 94 valence electrons. The molecule has 2 heteroatoms. The average molecular weight is 249 g/mol. The first-order chi connectivity index (χ1) is 8.16. The van der Waals surface area contributed by atoms with Crippen LogP contribution in [0.2, 0.25) is 0 Å². The Balaban J connectivity index is 1.91. The molecule has 2 atom stereocenters. The van der Waals surface area contributed by atoms with E-state index in [4.69, 9.17) is 0 Å². The standard InChI is InChI=1S/C15H23NS/c1-11-6-7-15(12(2)9-11)13(3)16-10-14-5-4-8-17-14/h6-7,9,13-14,16H,4-5,8,10H2,1-3H3. The molecule has 0 aromatic heterocycles. The second-order valence-corrected chi connectivity index (χ2v) is 6.53. The maximum atomic E-state index is 3.68. The fourth-order valence-electron chi connectivity index (χ4n) is 2.53. The summed E-state index contributed by atoms with van der Waals surface area (Å²) < 4.78 is 0. The molecule has 0 spiro atoms. The van der Waals surface area contributed by atoms with Crippen LogP contribution in [-0.2, 0) is 0 Å². The van der Waals surface area contributed by atoms with Crippen LogP contribution >= 0.6 is 11.8 Å². The highest BCUT2D eigenvalue weighted by molar-refractivity contribution is 8.00. The Bertz CT molecular complexity index is 369. The Morgan fingerprint density at radius 1 is 1.41 bits per heavy atom. The van der Waals surface area contributed by atoms with E-state index < -0.39 is 0 Å². The Morgan fingerprint density at radius 2 is 2.24 bits per heavy atom. The minimum atomic E-state index is 0.469. The first-order valence-electron chi connectivity index (χ1n) is 6.59. The second-order valence-electron chi connectivity index (χ2n) is 5.13. The summed E-state index contributed by atoms with van der Waals surface area (Å²) in [6.07, 6.45) is 2.78. The van der Waals surface area contributed by atoms with E-state index in [-0.39, 0.29) is 0 Å². The first-order valence-corrected chi connectivity index (χ1v) is 7.64. The highest BCUT2D eigenvalue weighted by Crippen LogP contribution is 2.26. The second kappa shape index (κ2) is 5.92. The molecule has 1 heterocycles. The van der Waals surface area contributed by atoms with E-state index in [1.165, 1.54) is 35.3 Å². The van der Waals surface area contributed by atoms with E-state index in [0.717, 1.165) is 11.8 Å². The van der Waals surface area contributed by atoms with Gasteiger partial charge in [0.1, 0.15) is 0 Å². The van der Waals surface area contributed by atoms with Gasteiger partial charge in [0.15, 0.2) is 0 Å². The highest BCUT2D eigenvalue weighted by Gasteiger charge is 2.16. The van der Waals surface area contributed by atoms with Crippen LogP contribution in [0.5, 0.6) is 0 Å². The normalized spacial score (nSPS) is 21.7. The van der Waals surface area contributed by atoms with Crippen molar-refractivity contribution < 1.29 is 0 Å². The third kappa shape index (κ3) is 3.49. The lowest BCUT2D eigenvalue weighted by atomic mass is 10.0. The number of benzene rings is 1. The lowest BCUT2D eigenvalue weighted by Gasteiger charge is -2.19. The lowest BCUT2D eigenvalue weighted by molar-refractivity contribution is 0.557. The summed E-state index contributed by atoms with van der Waals surface area (Å²) in [5, 5.41) is 4.52. The topological polar surface area (TPSA) is 12.0 Å². The fraction of sp³-hybridized carbons (Fsp3) is 0.600. The van der Waals surface area contributed by atoms with Crippen molar-refractivity contribution in [1.29, 1.82) is 0 Å². The van der Waals surface area contributed by atoms with Crippen molar-refractivity contribution in [3.8, 4) is 0 Å². The number of nitrogens with one attached hydrogen (secondary N) is 1. The van der Waals surface area contributed by atoms with Crippen molar-refractivity contribution in [3.63, 3.8) is 0 Å². The van der Waals surface area contributed by atoms with Crippen molar-refractivity contribution in [3.05, 3.63) is 34.9 Å². The molecule has 17 heavy (non-hydrogen) atoms. The maximum Gasteiger partial charge on any atom is 0.0294 e. The van der Waals surface area contributed by atoms with E-state index in [1.54, 1.807) is 0 Å². The monoisotopic (exact) mass is 249 g/mol. The summed E-state index contributed by atoms with van der Waals surface area (Å²) >= 11 is 2.12. The zero-order chi connectivity index (χ0) is 12.3. The Morgan fingerprint density at radius 3 is 2.88 bits per heavy atom. The molecule has 0 radical (unpaired) electrons. The van der Waals surface area contributed by atoms with Crippen LogP contribution in [0.25, 0.3) is 0 Å². The van der Waals surface area contributed by atoms with Crippen molar-refractivity contribution in [1.82, 2.24) is 5.32 Å². The molecule has 1 aliphatic rings. The smallest absolute Gasteiger partial charge is 0.0294 e. The molecular weight excluding hydrogens is 226 g/mol. The van der Waals surface area contributed by atoms with Gasteiger partial charge in [-0.15, -0.1) is 0 Å². The van der Waals surface area contributed by atoms with Gasteiger partial charge in [-0.1, -0.05) is 23.8 Å². The van der Waals surface area contributed by atoms with Crippen molar-refractivity contribution in [2.24, 2.45) is 0 Å². The van der Waals surface area contributed by atoms with Gasteiger partial charge in [0.05, 0.1) is 0 Å². The van der Waals surface area contributed by atoms with E-state index in [9.17, 15) is 0 Å². The Kier molecular flexibility index (Phi) is 4.52. The van der Waals surface area contributed by atoms with Crippen LogP contribution in [0, 0.1) is 13.8 Å². The van der Waals surface area contributed by atoms with Gasteiger partial charge in [0, 0.05) is 17.8 Å². The molecular formula is C15H23NS. The zero-order valence-electron chi connectivity index (χ0n) is 11.1. The van der Waals surface area contributed by atoms with Crippen molar-refractivity contribution in [2.75, 3.05) is 12.3 Å². The molecule has 1 aromatic rings. The van der Waals surface area contributed by atoms with Crippen LogP contribution in [0.1, 0.15) is 42.5 Å². The van der Waals surface area contributed by atoms with Crippen LogP contribution in [0.4, 0.5) is 0 Å². The summed E-state index contributed by atoms with van der Waals surface area (Å²) in [4.78, 5) is 0. The van der Waals surface area contributed by atoms with Gasteiger partial charge in [-0.05, 0) is 50.5 Å². The third-order valence-electron chi connectivity index (χ3n) is 3.57. The van der Waals surface area contributed by atoms with E-state index >= 15 is 0 Å². The van der Waals surface area contributed by atoms with Crippen molar-refractivity contribution in [2.45, 2.75) is 44.9 Å². The molecule has 1 nitrogen and oxygen atoms in total. The van der Waals surface area contributed by atoms with Crippen LogP contribution in [0.15, 0.2) is 18.2 Å². The van der Waals surface area contributed by atoms with Gasteiger partial charge in [-0.2, -0.15) is 11.8 Å².